The van der Waals surface area contributed by atoms with Gasteiger partial charge in [0, 0.05) is 13.8 Å². The van der Waals surface area contributed by atoms with Crippen molar-refractivity contribution in [1.82, 2.24) is 10.6 Å². The van der Waals surface area contributed by atoms with Crippen molar-refractivity contribution in [2.75, 3.05) is 19.8 Å². The number of aliphatic hydroxyl groups excluding tert-OH is 9. The molecule has 2 amide bonds. The topological polar surface area (TPSA) is 294 Å². The van der Waals surface area contributed by atoms with Crippen molar-refractivity contribution in [3.8, 4) is 0 Å². The summed E-state index contributed by atoms with van der Waals surface area (Å²) >= 11 is 0. The summed E-state index contributed by atoms with van der Waals surface area (Å²) < 4.78 is 22.2. The van der Waals surface area contributed by atoms with E-state index in [-0.39, 0.29) is 6.29 Å². The lowest BCUT2D eigenvalue weighted by molar-refractivity contribution is -0.350. The van der Waals surface area contributed by atoms with Crippen molar-refractivity contribution >= 4 is 18.1 Å². The molecule has 0 saturated carbocycles. The van der Waals surface area contributed by atoms with Crippen LogP contribution in [0.15, 0.2) is 0 Å². The Balaban J connectivity index is 2.48. The van der Waals surface area contributed by atoms with E-state index < -0.39 is 117 Å². The summed E-state index contributed by atoms with van der Waals surface area (Å²) in [5.74, 6) is -1.49. The summed E-state index contributed by atoms with van der Waals surface area (Å²) in [4.78, 5) is 35.5. The summed E-state index contributed by atoms with van der Waals surface area (Å²) in [7, 11) is 0. The first kappa shape index (κ1) is 34.3. The molecule has 0 radical (unpaired) electrons. The van der Waals surface area contributed by atoms with Gasteiger partial charge in [0.05, 0.1) is 19.8 Å². The van der Waals surface area contributed by atoms with E-state index in [9.17, 15) is 60.3 Å². The fourth-order valence-electron chi connectivity index (χ4n) is 4.36. The van der Waals surface area contributed by atoms with E-state index in [0.717, 1.165) is 13.8 Å². The van der Waals surface area contributed by atoms with Crippen LogP contribution in [-0.4, -0.2) is 170 Å². The molecule has 0 spiro atoms. The van der Waals surface area contributed by atoms with Crippen molar-refractivity contribution in [2.24, 2.45) is 0 Å². The second kappa shape index (κ2) is 15.4. The van der Waals surface area contributed by atoms with Crippen molar-refractivity contribution in [3.05, 3.63) is 0 Å². The van der Waals surface area contributed by atoms with Crippen LogP contribution in [0.2, 0.25) is 0 Å². The Labute approximate surface area is 228 Å². The van der Waals surface area contributed by atoms with Gasteiger partial charge in [-0.15, -0.1) is 0 Å². The Morgan fingerprint density at radius 3 is 1.95 bits per heavy atom. The second-order valence-electron chi connectivity index (χ2n) is 9.44. The SMILES string of the molecule is CC(=O)N[C@H]1[C@H](O[C@@H]([C@H](O)[C@H](O)CO)[C@H](C=O)NC(C)=O)O[C@H](CO)[C@H](O)[C@@H]1O[C@H]1O[C@H](CO)[C@H](O)[C@H](O)[C@H]1O. The van der Waals surface area contributed by atoms with E-state index in [1.54, 1.807) is 0 Å². The number of hydrogen-bond donors (Lipinski definition) is 11. The largest absolute Gasteiger partial charge is 0.394 e. The normalized spacial score (nSPS) is 37.6. The molecule has 18 nitrogen and oxygen atoms in total. The number of aliphatic hydroxyl groups is 9. The lowest BCUT2D eigenvalue weighted by Gasteiger charge is -2.48. The van der Waals surface area contributed by atoms with E-state index in [4.69, 9.17) is 18.9 Å². The van der Waals surface area contributed by atoms with E-state index in [2.05, 4.69) is 10.6 Å². The molecule has 0 unspecified atom stereocenters. The first-order valence-corrected chi connectivity index (χ1v) is 12.3. The molecule has 2 rings (SSSR count). The molecule has 2 fully saturated rings. The molecule has 18 heteroatoms. The minimum Gasteiger partial charge on any atom is -0.394 e. The Morgan fingerprint density at radius 2 is 1.45 bits per heavy atom. The molecule has 0 aromatic carbocycles. The lowest BCUT2D eigenvalue weighted by Crippen LogP contribution is -2.69. The number of rotatable bonds is 13. The van der Waals surface area contributed by atoms with Gasteiger partial charge in [-0.25, -0.2) is 0 Å². The van der Waals surface area contributed by atoms with Crippen LogP contribution in [0.3, 0.4) is 0 Å². The number of carbonyl (C=O) groups excluding carboxylic acids is 3. The van der Waals surface area contributed by atoms with Crippen molar-refractivity contribution in [3.63, 3.8) is 0 Å². The highest BCUT2D eigenvalue weighted by Crippen LogP contribution is 2.31. The fourth-order valence-corrected chi connectivity index (χ4v) is 4.36. The summed E-state index contributed by atoms with van der Waals surface area (Å²) in [5, 5.41) is 95.2. The molecule has 2 saturated heterocycles. The number of aldehydes is 1. The van der Waals surface area contributed by atoms with Crippen LogP contribution in [0.25, 0.3) is 0 Å². The highest BCUT2D eigenvalue weighted by Gasteiger charge is 2.52. The molecule has 0 aromatic heterocycles. The maximum atomic E-state index is 12.1. The highest BCUT2D eigenvalue weighted by molar-refractivity contribution is 5.77. The van der Waals surface area contributed by atoms with Gasteiger partial charge in [-0.2, -0.15) is 0 Å². The quantitative estimate of drug-likeness (QED) is 0.0893. The third-order valence-corrected chi connectivity index (χ3v) is 6.44. The average molecular weight is 587 g/mol. The minimum absolute atomic E-state index is 0.163. The van der Waals surface area contributed by atoms with Gasteiger partial charge in [-0.3, -0.25) is 9.59 Å². The third kappa shape index (κ3) is 8.10. The molecule has 14 atom stereocenters. The van der Waals surface area contributed by atoms with Crippen LogP contribution in [0.1, 0.15) is 13.8 Å². The average Bonchev–Trinajstić information content (AvgIpc) is 2.92. The van der Waals surface area contributed by atoms with Gasteiger partial charge in [0.25, 0.3) is 0 Å². The van der Waals surface area contributed by atoms with Gasteiger partial charge in [0.15, 0.2) is 12.6 Å². The number of hydrogen-bond acceptors (Lipinski definition) is 16. The summed E-state index contributed by atoms with van der Waals surface area (Å²) in [6, 6.07) is -3.22. The molecule has 2 aliphatic rings. The van der Waals surface area contributed by atoms with Gasteiger partial charge < -0.3 is 80.3 Å². The predicted octanol–water partition coefficient (Wildman–Crippen LogP) is -7.44. The molecule has 0 aliphatic carbocycles. The van der Waals surface area contributed by atoms with Gasteiger partial charge >= 0.3 is 0 Å². The number of amides is 2. The van der Waals surface area contributed by atoms with Crippen molar-refractivity contribution in [2.45, 2.75) is 99.6 Å². The monoisotopic (exact) mass is 586 g/mol. The molecule has 40 heavy (non-hydrogen) atoms. The van der Waals surface area contributed by atoms with E-state index in [1.165, 1.54) is 0 Å². The van der Waals surface area contributed by atoms with Gasteiger partial charge in [0.1, 0.15) is 79.4 Å². The Bertz CT molecular complexity index is 835. The smallest absolute Gasteiger partial charge is 0.217 e. The summed E-state index contributed by atoms with van der Waals surface area (Å²) in [5.41, 5.74) is 0. The molecular formula is C22H38N2O16. The van der Waals surface area contributed by atoms with Crippen LogP contribution in [0.4, 0.5) is 0 Å². The first-order valence-electron chi connectivity index (χ1n) is 12.3. The van der Waals surface area contributed by atoms with Gasteiger partial charge in [-0.05, 0) is 0 Å². The molecule has 2 heterocycles. The van der Waals surface area contributed by atoms with E-state index >= 15 is 0 Å². The van der Waals surface area contributed by atoms with Crippen molar-refractivity contribution in [1.29, 1.82) is 0 Å². The van der Waals surface area contributed by atoms with Crippen LogP contribution in [-0.2, 0) is 33.3 Å². The summed E-state index contributed by atoms with van der Waals surface area (Å²) in [6.45, 7) is -0.571. The standard InChI is InChI=1S/C22H38N2O16/c1-7(29)23-9(3-25)19(14(32)10(31)4-26)39-21-13(24-8(2)30)20(16(34)12(6-28)37-21)40-22-18(36)17(35)15(33)11(5-27)38-22/h3,9-22,26-28,31-36H,4-6H2,1-2H3,(H,23,29)(H,24,30)/t9-,10+,11+,12+,13+,14+,15-,16-,17-,18+,19+,20+,21-,22+/m0/s1. The second-order valence-corrected chi connectivity index (χ2v) is 9.44. The van der Waals surface area contributed by atoms with E-state index in [1.807, 2.05) is 0 Å². The molecule has 11 N–H and O–H groups in total. The lowest BCUT2D eigenvalue weighted by atomic mass is 9.94. The van der Waals surface area contributed by atoms with Crippen molar-refractivity contribution < 1.29 is 79.3 Å². The third-order valence-electron chi connectivity index (χ3n) is 6.44. The molecule has 0 aromatic rings. The first-order chi connectivity index (χ1) is 18.8. The number of ether oxygens (including phenoxy) is 4. The summed E-state index contributed by atoms with van der Waals surface area (Å²) in [6.07, 6.45) is -21.1. The molecular weight excluding hydrogens is 548 g/mol. The maximum absolute atomic E-state index is 12.1. The zero-order chi connectivity index (χ0) is 30.3. The fraction of sp³-hybridized carbons (Fsp3) is 0.864. The Hall–Kier alpha value is -1.91. The highest BCUT2D eigenvalue weighted by atomic mass is 16.7. The van der Waals surface area contributed by atoms with Crippen LogP contribution in [0.5, 0.6) is 0 Å². The Kier molecular flexibility index (Phi) is 13.2. The zero-order valence-electron chi connectivity index (χ0n) is 21.7. The van der Waals surface area contributed by atoms with Gasteiger partial charge in [0.2, 0.25) is 11.8 Å². The number of carbonyl (C=O) groups is 3. The Morgan fingerprint density at radius 1 is 0.875 bits per heavy atom. The molecule has 0 bridgehead atoms. The molecule has 2 aliphatic heterocycles. The van der Waals surface area contributed by atoms with E-state index in [0.29, 0.717) is 0 Å². The minimum atomic E-state index is -2.03. The van der Waals surface area contributed by atoms with Gasteiger partial charge in [-0.1, -0.05) is 0 Å². The molecule has 232 valence electrons. The van der Waals surface area contributed by atoms with Crippen LogP contribution >= 0.6 is 0 Å². The number of nitrogens with one attached hydrogen (secondary N) is 2. The van der Waals surface area contributed by atoms with Crippen LogP contribution in [0, 0.1) is 0 Å². The van der Waals surface area contributed by atoms with Crippen LogP contribution < -0.4 is 10.6 Å². The zero-order valence-corrected chi connectivity index (χ0v) is 21.7. The predicted molar refractivity (Wildman–Crippen MR) is 126 cm³/mol. The maximum Gasteiger partial charge on any atom is 0.217 e.